The lowest BCUT2D eigenvalue weighted by atomic mass is 10.1. The summed E-state index contributed by atoms with van der Waals surface area (Å²) in [5, 5.41) is 9.65. The number of nitrogens with one attached hydrogen (secondary N) is 1. The summed E-state index contributed by atoms with van der Waals surface area (Å²) in [6, 6.07) is 1.54. The molecule has 0 bridgehead atoms. The molecule has 0 aliphatic heterocycles. The summed E-state index contributed by atoms with van der Waals surface area (Å²) >= 11 is 0. The van der Waals surface area contributed by atoms with E-state index >= 15 is 0 Å². The molecule has 1 aromatic heterocycles. The van der Waals surface area contributed by atoms with E-state index < -0.39 is 0 Å². The third kappa shape index (κ3) is 3.46. The Kier molecular flexibility index (Phi) is 3.91. The normalized spacial score (nSPS) is 10.1. The number of hydrogen-bond acceptors (Lipinski definition) is 4. The second kappa shape index (κ2) is 5.19. The molecule has 0 radical (unpaired) electrons. The number of rotatable bonds is 4. The van der Waals surface area contributed by atoms with Crippen molar-refractivity contribution < 1.29 is 9.59 Å². The molecule has 0 saturated heterocycles. The van der Waals surface area contributed by atoms with Crippen LogP contribution in [-0.2, 0) is 4.79 Å². The van der Waals surface area contributed by atoms with Crippen LogP contribution in [0, 0.1) is 5.92 Å². The molecule has 0 atom stereocenters. The maximum absolute atomic E-state index is 11.4. The molecule has 0 saturated carbocycles. The largest absolute Gasteiger partial charge is 0.345 e. The van der Waals surface area contributed by atoms with E-state index in [1.807, 2.05) is 0 Å². The van der Waals surface area contributed by atoms with Crippen LogP contribution in [0.5, 0.6) is 0 Å². The maximum Gasteiger partial charge on any atom is 0.253 e. The molecule has 1 N–H and O–H groups in total. The first-order valence-electron chi connectivity index (χ1n) is 4.69. The second-order valence-corrected chi connectivity index (χ2v) is 3.43. The van der Waals surface area contributed by atoms with Crippen molar-refractivity contribution in [3.05, 3.63) is 24.0 Å². The molecule has 1 amide bonds. The van der Waals surface area contributed by atoms with E-state index in [1.54, 1.807) is 19.9 Å². The first-order valence-corrected chi connectivity index (χ1v) is 4.69. The Labute approximate surface area is 87.9 Å². The molecular formula is C10H13N3O2. The summed E-state index contributed by atoms with van der Waals surface area (Å²) in [5.41, 5.74) is 0.404. The van der Waals surface area contributed by atoms with Crippen LogP contribution < -0.4 is 5.32 Å². The van der Waals surface area contributed by atoms with Crippen LogP contribution in [0.25, 0.3) is 0 Å². The lowest BCUT2D eigenvalue weighted by Gasteiger charge is -2.05. The van der Waals surface area contributed by atoms with Gasteiger partial charge >= 0.3 is 0 Å². The predicted molar refractivity (Wildman–Crippen MR) is 54.2 cm³/mol. The molecule has 0 aromatic carbocycles. The van der Waals surface area contributed by atoms with Crippen molar-refractivity contribution in [1.82, 2.24) is 15.5 Å². The van der Waals surface area contributed by atoms with Gasteiger partial charge in [-0.1, -0.05) is 13.8 Å². The highest BCUT2D eigenvalue weighted by Gasteiger charge is 2.10. The van der Waals surface area contributed by atoms with Gasteiger partial charge in [0.25, 0.3) is 5.91 Å². The first kappa shape index (κ1) is 11.3. The highest BCUT2D eigenvalue weighted by molar-refractivity contribution is 5.96. The molecule has 0 aliphatic rings. The third-order valence-electron chi connectivity index (χ3n) is 1.91. The van der Waals surface area contributed by atoms with Crippen LogP contribution in [-0.4, -0.2) is 28.4 Å². The summed E-state index contributed by atoms with van der Waals surface area (Å²) in [6.07, 6.45) is 2.79. The number of hydrogen-bond donors (Lipinski definition) is 1. The minimum absolute atomic E-state index is 0.00497. The van der Waals surface area contributed by atoms with Crippen molar-refractivity contribution in [3.63, 3.8) is 0 Å². The fourth-order valence-electron chi connectivity index (χ4n) is 0.899. The zero-order valence-electron chi connectivity index (χ0n) is 8.73. The molecule has 15 heavy (non-hydrogen) atoms. The van der Waals surface area contributed by atoms with Crippen LogP contribution in [0.4, 0.5) is 0 Å². The van der Waals surface area contributed by atoms with Gasteiger partial charge in [0.05, 0.1) is 24.5 Å². The van der Waals surface area contributed by atoms with E-state index in [0.717, 1.165) is 0 Å². The van der Waals surface area contributed by atoms with Gasteiger partial charge in [-0.25, -0.2) is 0 Å². The van der Waals surface area contributed by atoms with E-state index in [1.165, 1.54) is 12.4 Å². The fourth-order valence-corrected chi connectivity index (χ4v) is 0.899. The summed E-state index contributed by atoms with van der Waals surface area (Å²) in [6.45, 7) is 3.64. The van der Waals surface area contributed by atoms with Gasteiger partial charge in [0.1, 0.15) is 0 Å². The van der Waals surface area contributed by atoms with Gasteiger partial charge in [0.15, 0.2) is 5.78 Å². The average molecular weight is 207 g/mol. The van der Waals surface area contributed by atoms with Crippen LogP contribution in [0.2, 0.25) is 0 Å². The molecule has 5 nitrogen and oxygen atoms in total. The first-order chi connectivity index (χ1) is 7.11. The van der Waals surface area contributed by atoms with Crippen molar-refractivity contribution in [2.24, 2.45) is 5.92 Å². The standard InChI is InChI=1S/C10H13N3O2/c1-7(2)9(14)6-11-10(15)8-3-4-12-13-5-8/h3-5,7H,6H2,1-2H3,(H,11,15). The van der Waals surface area contributed by atoms with Crippen LogP contribution in [0.3, 0.4) is 0 Å². The van der Waals surface area contributed by atoms with Crippen molar-refractivity contribution in [2.45, 2.75) is 13.8 Å². The molecule has 1 heterocycles. The van der Waals surface area contributed by atoms with Crippen molar-refractivity contribution in [3.8, 4) is 0 Å². The van der Waals surface area contributed by atoms with Gasteiger partial charge in [-0.3, -0.25) is 9.59 Å². The Morgan fingerprint density at radius 2 is 2.13 bits per heavy atom. The lowest BCUT2D eigenvalue weighted by molar-refractivity contribution is -0.120. The van der Waals surface area contributed by atoms with Gasteiger partial charge in [0.2, 0.25) is 0 Å². The maximum atomic E-state index is 11.4. The van der Waals surface area contributed by atoms with Gasteiger partial charge in [-0.15, -0.1) is 0 Å². The Morgan fingerprint density at radius 3 is 2.67 bits per heavy atom. The lowest BCUT2D eigenvalue weighted by Crippen LogP contribution is -2.31. The van der Waals surface area contributed by atoms with Gasteiger partial charge in [-0.05, 0) is 6.07 Å². The monoisotopic (exact) mass is 207 g/mol. The number of ketones is 1. The number of carbonyl (C=O) groups excluding carboxylic acids is 2. The van der Waals surface area contributed by atoms with Crippen LogP contribution >= 0.6 is 0 Å². The topological polar surface area (TPSA) is 72.0 Å². The smallest absolute Gasteiger partial charge is 0.253 e. The molecule has 0 aliphatic carbocycles. The van der Waals surface area contributed by atoms with E-state index in [2.05, 4.69) is 15.5 Å². The van der Waals surface area contributed by atoms with Crippen molar-refractivity contribution in [1.29, 1.82) is 0 Å². The summed E-state index contributed by atoms with van der Waals surface area (Å²) < 4.78 is 0. The van der Waals surface area contributed by atoms with Crippen LogP contribution in [0.1, 0.15) is 24.2 Å². The average Bonchev–Trinajstić information content (AvgIpc) is 2.26. The van der Waals surface area contributed by atoms with Crippen LogP contribution in [0.15, 0.2) is 18.5 Å². The summed E-state index contributed by atoms with van der Waals surface area (Å²) in [7, 11) is 0. The number of amides is 1. The molecule has 0 unspecified atom stereocenters. The van der Waals surface area contributed by atoms with E-state index in [0.29, 0.717) is 5.56 Å². The zero-order valence-corrected chi connectivity index (χ0v) is 8.73. The van der Waals surface area contributed by atoms with Crippen molar-refractivity contribution >= 4 is 11.7 Å². The Bertz CT molecular complexity index is 349. The molecule has 80 valence electrons. The predicted octanol–water partition coefficient (Wildman–Crippen LogP) is 0.431. The summed E-state index contributed by atoms with van der Waals surface area (Å²) in [5.74, 6) is -0.370. The van der Waals surface area contributed by atoms with Gasteiger partial charge in [0, 0.05) is 5.92 Å². The SMILES string of the molecule is CC(C)C(=O)CNC(=O)c1ccnnc1. The Balaban J connectivity index is 2.48. The molecular weight excluding hydrogens is 194 g/mol. The third-order valence-corrected chi connectivity index (χ3v) is 1.91. The van der Waals surface area contributed by atoms with E-state index in [9.17, 15) is 9.59 Å². The minimum atomic E-state index is -0.307. The molecule has 0 fully saturated rings. The fraction of sp³-hybridized carbons (Fsp3) is 0.400. The van der Waals surface area contributed by atoms with E-state index in [-0.39, 0.29) is 24.2 Å². The molecule has 1 rings (SSSR count). The number of carbonyl (C=O) groups is 2. The quantitative estimate of drug-likeness (QED) is 0.777. The Hall–Kier alpha value is -1.78. The Morgan fingerprint density at radius 1 is 1.40 bits per heavy atom. The second-order valence-electron chi connectivity index (χ2n) is 3.43. The zero-order chi connectivity index (χ0) is 11.3. The number of Topliss-reactive ketones (excluding diaryl/α,β-unsaturated/α-hetero) is 1. The van der Waals surface area contributed by atoms with Crippen molar-refractivity contribution in [2.75, 3.05) is 6.54 Å². The minimum Gasteiger partial charge on any atom is -0.345 e. The van der Waals surface area contributed by atoms with Gasteiger partial charge in [-0.2, -0.15) is 10.2 Å². The van der Waals surface area contributed by atoms with Gasteiger partial charge < -0.3 is 5.32 Å². The molecule has 0 spiro atoms. The highest BCUT2D eigenvalue weighted by Crippen LogP contribution is 1.95. The number of nitrogens with zero attached hydrogens (tertiary/aromatic N) is 2. The summed E-state index contributed by atoms with van der Waals surface area (Å²) in [4.78, 5) is 22.7. The molecule has 1 aromatic rings. The number of aromatic nitrogens is 2. The highest BCUT2D eigenvalue weighted by atomic mass is 16.2. The van der Waals surface area contributed by atoms with E-state index in [4.69, 9.17) is 0 Å². The molecule has 5 heteroatoms.